The van der Waals surface area contributed by atoms with E-state index in [4.69, 9.17) is 21.4 Å². The maximum absolute atomic E-state index is 11.0. The molecule has 2 atom stereocenters. The fourth-order valence-corrected chi connectivity index (χ4v) is 2.28. The Bertz CT molecular complexity index is 501. The van der Waals surface area contributed by atoms with Crippen molar-refractivity contribution >= 4 is 17.6 Å². The summed E-state index contributed by atoms with van der Waals surface area (Å²) >= 11 is 5.76. The molecule has 2 unspecified atom stereocenters. The lowest BCUT2D eigenvalue weighted by atomic mass is 9.85. The van der Waals surface area contributed by atoms with E-state index in [0.29, 0.717) is 24.3 Å². The molecule has 0 radical (unpaired) electrons. The van der Waals surface area contributed by atoms with Crippen LogP contribution in [0.1, 0.15) is 30.1 Å². The number of aromatic carboxylic acids is 1. The second kappa shape index (κ2) is 6.06. The molecule has 5 heteroatoms. The minimum absolute atomic E-state index is 0.0169. The topological polar surface area (TPSA) is 59.4 Å². The summed E-state index contributed by atoms with van der Waals surface area (Å²) in [6.45, 7) is 2.73. The molecule has 1 N–H and O–H groups in total. The smallest absolute Gasteiger partial charge is 0.337 e. The van der Waals surface area contributed by atoms with Crippen molar-refractivity contribution in [2.24, 2.45) is 11.8 Å². The molecule has 19 heavy (non-hydrogen) atoms. The SMILES string of the molecule is CC1CC=CCC1COc1cc(C(=O)O)c(Cl)cn1. The van der Waals surface area contributed by atoms with Crippen LogP contribution >= 0.6 is 11.6 Å². The quantitative estimate of drug-likeness (QED) is 0.859. The second-order valence-electron chi connectivity index (χ2n) is 4.80. The largest absolute Gasteiger partial charge is 0.478 e. The van der Waals surface area contributed by atoms with Gasteiger partial charge in [-0.1, -0.05) is 30.7 Å². The van der Waals surface area contributed by atoms with Gasteiger partial charge in [0.05, 0.1) is 23.4 Å². The molecule has 102 valence electrons. The predicted molar refractivity (Wildman–Crippen MR) is 72.7 cm³/mol. The van der Waals surface area contributed by atoms with Crippen LogP contribution in [-0.2, 0) is 0 Å². The average Bonchev–Trinajstić information content (AvgIpc) is 2.39. The first-order chi connectivity index (χ1) is 9.08. The van der Waals surface area contributed by atoms with Gasteiger partial charge in [-0.05, 0) is 24.7 Å². The number of pyridine rings is 1. The summed E-state index contributed by atoms with van der Waals surface area (Å²) in [6.07, 6.45) is 7.70. The van der Waals surface area contributed by atoms with E-state index in [1.807, 2.05) is 0 Å². The Balaban J connectivity index is 2.01. The average molecular weight is 282 g/mol. The number of allylic oxidation sites excluding steroid dienone is 2. The van der Waals surface area contributed by atoms with Crippen molar-refractivity contribution < 1.29 is 14.6 Å². The molecule has 0 amide bonds. The Labute approximate surface area is 117 Å². The zero-order chi connectivity index (χ0) is 13.8. The predicted octanol–water partition coefficient (Wildman–Crippen LogP) is 3.41. The molecule has 1 aliphatic rings. The van der Waals surface area contributed by atoms with Gasteiger partial charge in [0.15, 0.2) is 0 Å². The van der Waals surface area contributed by atoms with E-state index >= 15 is 0 Å². The molecule has 0 spiro atoms. The Hall–Kier alpha value is -1.55. The minimum Gasteiger partial charge on any atom is -0.478 e. The highest BCUT2D eigenvalue weighted by Crippen LogP contribution is 2.26. The number of nitrogens with zero attached hydrogens (tertiary/aromatic N) is 1. The van der Waals surface area contributed by atoms with E-state index in [2.05, 4.69) is 24.1 Å². The zero-order valence-electron chi connectivity index (χ0n) is 10.7. The molecule has 0 fully saturated rings. The van der Waals surface area contributed by atoms with Crippen molar-refractivity contribution in [1.82, 2.24) is 4.98 Å². The maximum Gasteiger partial charge on any atom is 0.337 e. The third-order valence-electron chi connectivity index (χ3n) is 3.42. The number of carboxylic acids is 1. The van der Waals surface area contributed by atoms with Crippen molar-refractivity contribution in [3.05, 3.63) is 35.0 Å². The van der Waals surface area contributed by atoms with Crippen molar-refractivity contribution in [1.29, 1.82) is 0 Å². The summed E-state index contributed by atoms with van der Waals surface area (Å²) in [4.78, 5) is 15.0. The Kier molecular flexibility index (Phi) is 4.43. The number of hydrogen-bond acceptors (Lipinski definition) is 3. The van der Waals surface area contributed by atoms with E-state index in [1.165, 1.54) is 12.3 Å². The molecule has 0 saturated heterocycles. The van der Waals surface area contributed by atoms with Crippen molar-refractivity contribution in [3.8, 4) is 5.88 Å². The van der Waals surface area contributed by atoms with Crippen LogP contribution in [0.5, 0.6) is 5.88 Å². The molecule has 1 heterocycles. The van der Waals surface area contributed by atoms with Crippen LogP contribution in [0.3, 0.4) is 0 Å². The molecule has 1 aromatic rings. The van der Waals surface area contributed by atoms with E-state index in [9.17, 15) is 4.79 Å². The zero-order valence-corrected chi connectivity index (χ0v) is 11.4. The third kappa shape index (κ3) is 3.47. The lowest BCUT2D eigenvalue weighted by Crippen LogP contribution is -2.21. The molecule has 0 bridgehead atoms. The highest BCUT2D eigenvalue weighted by atomic mass is 35.5. The fraction of sp³-hybridized carbons (Fsp3) is 0.429. The van der Waals surface area contributed by atoms with Gasteiger partial charge in [0.2, 0.25) is 5.88 Å². The summed E-state index contributed by atoms with van der Waals surface area (Å²) in [7, 11) is 0. The van der Waals surface area contributed by atoms with E-state index in [0.717, 1.165) is 12.8 Å². The summed E-state index contributed by atoms with van der Waals surface area (Å²) in [6, 6.07) is 1.37. The highest BCUT2D eigenvalue weighted by molar-refractivity contribution is 6.33. The summed E-state index contributed by atoms with van der Waals surface area (Å²) < 4.78 is 5.59. The number of carbonyl (C=O) groups is 1. The van der Waals surface area contributed by atoms with Crippen LogP contribution in [0.2, 0.25) is 5.02 Å². The number of rotatable bonds is 4. The standard InChI is InChI=1S/C14H16ClNO3/c1-9-4-2-3-5-10(9)8-19-13-6-11(14(17)18)12(15)7-16-13/h2-3,6-7,9-10H,4-5,8H2,1H3,(H,17,18). The van der Waals surface area contributed by atoms with Gasteiger partial charge in [-0.2, -0.15) is 0 Å². The van der Waals surface area contributed by atoms with Gasteiger partial charge in [0.1, 0.15) is 0 Å². The van der Waals surface area contributed by atoms with Crippen LogP contribution in [0.25, 0.3) is 0 Å². The molecule has 1 aliphatic carbocycles. The lowest BCUT2D eigenvalue weighted by Gasteiger charge is -2.24. The van der Waals surface area contributed by atoms with E-state index < -0.39 is 5.97 Å². The molecular formula is C14H16ClNO3. The normalized spacial score (nSPS) is 22.2. The molecular weight excluding hydrogens is 266 g/mol. The summed E-state index contributed by atoms with van der Waals surface area (Å²) in [5.41, 5.74) is 0.0169. The number of aromatic nitrogens is 1. The van der Waals surface area contributed by atoms with Gasteiger partial charge >= 0.3 is 5.97 Å². The molecule has 0 saturated carbocycles. The summed E-state index contributed by atoms with van der Waals surface area (Å²) in [5.74, 6) is 0.238. The van der Waals surface area contributed by atoms with E-state index in [1.54, 1.807) is 0 Å². The number of halogens is 1. The lowest BCUT2D eigenvalue weighted by molar-refractivity contribution is 0.0696. The van der Waals surface area contributed by atoms with Gasteiger partial charge in [-0.3, -0.25) is 0 Å². The Morgan fingerprint density at radius 1 is 1.53 bits per heavy atom. The van der Waals surface area contributed by atoms with Gasteiger partial charge < -0.3 is 9.84 Å². The Morgan fingerprint density at radius 2 is 2.26 bits per heavy atom. The van der Waals surface area contributed by atoms with Crippen molar-refractivity contribution in [2.75, 3.05) is 6.61 Å². The number of carboxylic acid groups (broad SMARTS) is 1. The highest BCUT2D eigenvalue weighted by Gasteiger charge is 2.19. The van der Waals surface area contributed by atoms with Crippen LogP contribution in [0.4, 0.5) is 0 Å². The monoisotopic (exact) mass is 281 g/mol. The molecule has 4 nitrogen and oxygen atoms in total. The first-order valence-electron chi connectivity index (χ1n) is 6.24. The Morgan fingerprint density at radius 3 is 2.95 bits per heavy atom. The molecule has 0 aliphatic heterocycles. The third-order valence-corrected chi connectivity index (χ3v) is 3.73. The van der Waals surface area contributed by atoms with Crippen molar-refractivity contribution in [2.45, 2.75) is 19.8 Å². The van der Waals surface area contributed by atoms with Crippen LogP contribution < -0.4 is 4.74 Å². The fourth-order valence-electron chi connectivity index (χ4n) is 2.09. The minimum atomic E-state index is -1.08. The van der Waals surface area contributed by atoms with Gasteiger partial charge in [0, 0.05) is 6.07 Å². The van der Waals surface area contributed by atoms with Gasteiger partial charge in [-0.15, -0.1) is 0 Å². The van der Waals surface area contributed by atoms with Crippen molar-refractivity contribution in [3.63, 3.8) is 0 Å². The summed E-state index contributed by atoms with van der Waals surface area (Å²) in [5, 5.41) is 9.09. The van der Waals surface area contributed by atoms with E-state index in [-0.39, 0.29) is 10.6 Å². The van der Waals surface area contributed by atoms with Gasteiger partial charge in [0.25, 0.3) is 0 Å². The first-order valence-corrected chi connectivity index (χ1v) is 6.62. The molecule has 2 rings (SSSR count). The van der Waals surface area contributed by atoms with Gasteiger partial charge in [-0.25, -0.2) is 9.78 Å². The molecule has 0 aromatic carbocycles. The first kappa shape index (κ1) is 13.9. The second-order valence-corrected chi connectivity index (χ2v) is 5.21. The molecule has 1 aromatic heterocycles. The van der Waals surface area contributed by atoms with Crippen LogP contribution in [0, 0.1) is 11.8 Å². The number of ether oxygens (including phenoxy) is 1. The maximum atomic E-state index is 11.0. The van der Waals surface area contributed by atoms with Crippen LogP contribution in [-0.4, -0.2) is 22.7 Å². The number of hydrogen-bond donors (Lipinski definition) is 1. The van der Waals surface area contributed by atoms with Crippen LogP contribution in [0.15, 0.2) is 24.4 Å².